The second kappa shape index (κ2) is 13.5. The Morgan fingerprint density at radius 1 is 1.20 bits per heavy atom. The van der Waals surface area contributed by atoms with E-state index in [4.69, 9.17) is 26.6 Å². The molecule has 6 nitrogen and oxygen atoms in total. The average Bonchev–Trinajstić information content (AvgIpc) is 2.57. The molecule has 4 N–H and O–H groups in total. The number of benzene rings is 1. The standard InChI is InChI=1S/C19H26ClF3O4.CH2O2/c1-18(27,12-17(25)26)11-15(24)7-5-3-2-4-6-13-8-9-14(20)10-16(13)19(21,22)23;2-1-3/h8-10,15,24,27H,2-7,11-12H2,1H3,(H,25,26);1H,(H,2,3). The number of alkyl halides is 3. The van der Waals surface area contributed by atoms with Gasteiger partial charge in [0.25, 0.3) is 6.47 Å². The third kappa shape index (κ3) is 12.7. The number of carboxylic acid groups (broad SMARTS) is 2. The minimum Gasteiger partial charge on any atom is -0.483 e. The van der Waals surface area contributed by atoms with Gasteiger partial charge in [-0.25, -0.2) is 0 Å². The van der Waals surface area contributed by atoms with Crippen LogP contribution < -0.4 is 0 Å². The topological polar surface area (TPSA) is 115 Å². The van der Waals surface area contributed by atoms with Crippen LogP contribution in [-0.2, 0) is 22.2 Å². The maximum absolute atomic E-state index is 13.0. The van der Waals surface area contributed by atoms with Crippen molar-refractivity contribution in [1.29, 1.82) is 0 Å². The molecule has 0 bridgehead atoms. The molecule has 0 aliphatic heterocycles. The van der Waals surface area contributed by atoms with Gasteiger partial charge in [0.1, 0.15) is 0 Å². The molecule has 0 fully saturated rings. The number of carboxylic acids is 1. The van der Waals surface area contributed by atoms with Gasteiger partial charge in [-0.05, 0) is 43.9 Å². The summed E-state index contributed by atoms with van der Waals surface area (Å²) in [5.74, 6) is -1.13. The van der Waals surface area contributed by atoms with Crippen molar-refractivity contribution in [3.8, 4) is 0 Å². The summed E-state index contributed by atoms with van der Waals surface area (Å²) >= 11 is 5.65. The van der Waals surface area contributed by atoms with Crippen LogP contribution in [0.1, 0.15) is 63.0 Å². The number of rotatable bonds is 11. The van der Waals surface area contributed by atoms with Gasteiger partial charge in [-0.1, -0.05) is 36.9 Å². The minimum atomic E-state index is -4.43. The SMILES string of the molecule is CC(O)(CC(=O)O)CC(O)CCCCCCc1ccc(Cl)cc1C(F)(F)F.O=CO. The van der Waals surface area contributed by atoms with Crippen molar-refractivity contribution in [3.63, 3.8) is 0 Å². The lowest BCUT2D eigenvalue weighted by atomic mass is 9.92. The Labute approximate surface area is 178 Å². The minimum absolute atomic E-state index is 0.0288. The highest BCUT2D eigenvalue weighted by molar-refractivity contribution is 6.30. The molecule has 0 saturated carbocycles. The zero-order valence-corrected chi connectivity index (χ0v) is 17.4. The second-order valence-electron chi connectivity index (χ2n) is 7.28. The maximum Gasteiger partial charge on any atom is 0.416 e. The summed E-state index contributed by atoms with van der Waals surface area (Å²) in [5, 5.41) is 35.4. The fourth-order valence-electron chi connectivity index (χ4n) is 3.09. The molecule has 0 saturated heterocycles. The van der Waals surface area contributed by atoms with E-state index in [0.717, 1.165) is 12.5 Å². The van der Waals surface area contributed by atoms with E-state index in [1.54, 1.807) is 0 Å². The maximum atomic E-state index is 13.0. The van der Waals surface area contributed by atoms with Gasteiger partial charge in [-0.15, -0.1) is 0 Å². The van der Waals surface area contributed by atoms with Crippen LogP contribution >= 0.6 is 11.6 Å². The van der Waals surface area contributed by atoms with Crippen LogP contribution in [0.25, 0.3) is 0 Å². The molecule has 10 heteroatoms. The van der Waals surface area contributed by atoms with Crippen LogP contribution in [-0.4, -0.2) is 44.6 Å². The third-order valence-electron chi connectivity index (χ3n) is 4.32. The molecule has 0 heterocycles. The van der Waals surface area contributed by atoms with Gasteiger partial charge >= 0.3 is 12.1 Å². The van der Waals surface area contributed by atoms with Crippen LogP contribution in [0.2, 0.25) is 5.02 Å². The van der Waals surface area contributed by atoms with E-state index in [2.05, 4.69) is 0 Å². The van der Waals surface area contributed by atoms with Gasteiger partial charge in [0.15, 0.2) is 0 Å². The van der Waals surface area contributed by atoms with Crippen molar-refractivity contribution in [2.45, 2.75) is 76.2 Å². The molecule has 1 rings (SSSR count). The number of aliphatic hydroxyl groups excluding tert-OH is 1. The molecule has 1 aromatic rings. The molecular formula is C20H28ClF3O6. The molecule has 0 aromatic heterocycles. The predicted molar refractivity (Wildman–Crippen MR) is 105 cm³/mol. The summed E-state index contributed by atoms with van der Waals surface area (Å²) in [7, 11) is 0. The van der Waals surface area contributed by atoms with Gasteiger partial charge in [0.2, 0.25) is 0 Å². The van der Waals surface area contributed by atoms with Crippen molar-refractivity contribution < 1.29 is 43.2 Å². The third-order valence-corrected chi connectivity index (χ3v) is 4.55. The zero-order chi connectivity index (χ0) is 23.4. The van der Waals surface area contributed by atoms with E-state index in [1.807, 2.05) is 0 Å². The summed E-state index contributed by atoms with van der Waals surface area (Å²) in [6, 6.07) is 3.79. The van der Waals surface area contributed by atoms with Gasteiger partial charge in [-0.2, -0.15) is 13.2 Å². The molecule has 0 amide bonds. The first-order valence-electron chi connectivity index (χ1n) is 9.38. The summed E-state index contributed by atoms with van der Waals surface area (Å²) < 4.78 is 39.1. The van der Waals surface area contributed by atoms with Crippen LogP contribution in [0.3, 0.4) is 0 Å². The number of aliphatic carboxylic acids is 1. The fraction of sp³-hybridized carbons (Fsp3) is 0.600. The molecule has 172 valence electrons. The van der Waals surface area contributed by atoms with Crippen molar-refractivity contribution in [2.24, 2.45) is 0 Å². The fourth-order valence-corrected chi connectivity index (χ4v) is 3.26. The lowest BCUT2D eigenvalue weighted by molar-refractivity contribution is -0.143. The predicted octanol–water partition coefficient (Wildman–Crippen LogP) is 4.53. The van der Waals surface area contributed by atoms with E-state index < -0.39 is 35.8 Å². The Kier molecular flexibility index (Phi) is 12.6. The first-order valence-corrected chi connectivity index (χ1v) is 9.76. The molecule has 2 unspecified atom stereocenters. The van der Waals surface area contributed by atoms with Gasteiger partial charge < -0.3 is 20.4 Å². The molecule has 2 atom stereocenters. The average molecular weight is 457 g/mol. The largest absolute Gasteiger partial charge is 0.483 e. The van der Waals surface area contributed by atoms with Gasteiger partial charge in [-0.3, -0.25) is 9.59 Å². The molecule has 0 radical (unpaired) electrons. The van der Waals surface area contributed by atoms with Crippen LogP contribution in [0, 0.1) is 0 Å². The first-order chi connectivity index (χ1) is 13.8. The smallest absolute Gasteiger partial charge is 0.416 e. The highest BCUT2D eigenvalue weighted by Crippen LogP contribution is 2.34. The second-order valence-corrected chi connectivity index (χ2v) is 7.72. The lowest BCUT2D eigenvalue weighted by Gasteiger charge is -2.24. The molecular weight excluding hydrogens is 429 g/mol. The van der Waals surface area contributed by atoms with Crippen LogP contribution in [0.15, 0.2) is 18.2 Å². The van der Waals surface area contributed by atoms with Crippen molar-refractivity contribution in [1.82, 2.24) is 0 Å². The number of aryl methyl sites for hydroxylation is 1. The zero-order valence-electron chi connectivity index (χ0n) is 16.7. The first kappa shape index (κ1) is 28.2. The number of carbonyl (C=O) groups is 2. The van der Waals surface area contributed by atoms with Crippen molar-refractivity contribution in [2.75, 3.05) is 0 Å². The highest BCUT2D eigenvalue weighted by atomic mass is 35.5. The molecule has 0 aliphatic rings. The molecule has 0 aliphatic carbocycles. The van der Waals surface area contributed by atoms with E-state index in [1.165, 1.54) is 19.1 Å². The number of hydrogen-bond acceptors (Lipinski definition) is 4. The quantitative estimate of drug-likeness (QED) is 0.287. The Bertz CT molecular complexity index is 664. The molecule has 0 spiro atoms. The Morgan fingerprint density at radius 3 is 2.30 bits per heavy atom. The Balaban J connectivity index is 0.00000263. The monoisotopic (exact) mass is 456 g/mol. The Hall–Kier alpha value is -1.84. The number of halogens is 4. The normalized spacial score (nSPS) is 14.2. The van der Waals surface area contributed by atoms with Gasteiger partial charge in [0, 0.05) is 11.4 Å². The van der Waals surface area contributed by atoms with Gasteiger partial charge in [0.05, 0.1) is 23.7 Å². The molecule has 1 aromatic carbocycles. The highest BCUT2D eigenvalue weighted by Gasteiger charge is 2.33. The number of hydrogen-bond donors (Lipinski definition) is 4. The van der Waals surface area contributed by atoms with Crippen LogP contribution in [0.4, 0.5) is 13.2 Å². The lowest BCUT2D eigenvalue weighted by Crippen LogP contribution is -2.32. The molecule has 30 heavy (non-hydrogen) atoms. The summed E-state index contributed by atoms with van der Waals surface area (Å²) in [5.41, 5.74) is -1.95. The summed E-state index contributed by atoms with van der Waals surface area (Å²) in [6.45, 7) is 1.12. The Morgan fingerprint density at radius 2 is 1.77 bits per heavy atom. The van der Waals surface area contributed by atoms with Crippen molar-refractivity contribution in [3.05, 3.63) is 34.3 Å². The van der Waals surface area contributed by atoms with E-state index in [-0.39, 0.29) is 23.5 Å². The summed E-state index contributed by atoms with van der Waals surface area (Å²) in [6.07, 6.45) is -2.35. The summed E-state index contributed by atoms with van der Waals surface area (Å²) in [4.78, 5) is 19.0. The van der Waals surface area contributed by atoms with Crippen LogP contribution in [0.5, 0.6) is 0 Å². The number of unbranched alkanes of at least 4 members (excludes halogenated alkanes) is 3. The van der Waals surface area contributed by atoms with Crippen molar-refractivity contribution >= 4 is 24.0 Å². The van der Waals surface area contributed by atoms with E-state index in [0.29, 0.717) is 32.1 Å². The van der Waals surface area contributed by atoms with E-state index in [9.17, 15) is 28.2 Å². The number of aliphatic hydroxyl groups is 2. The van der Waals surface area contributed by atoms with E-state index >= 15 is 0 Å².